The molecule has 4 aromatic carbocycles. The zero-order chi connectivity index (χ0) is 37.5. The largest absolute Gasteiger partial charge is 0.481 e. The van der Waals surface area contributed by atoms with Crippen LogP contribution in [0.2, 0.25) is 5.04 Å². The van der Waals surface area contributed by atoms with Gasteiger partial charge in [-0.2, -0.15) is 0 Å². The van der Waals surface area contributed by atoms with Crippen LogP contribution in [0.5, 0.6) is 0 Å². The van der Waals surface area contributed by atoms with Crippen LogP contribution in [0.1, 0.15) is 58.2 Å². The van der Waals surface area contributed by atoms with Crippen LogP contribution in [0.3, 0.4) is 0 Å². The molecule has 0 bridgehead atoms. The zero-order valence-electron chi connectivity index (χ0n) is 30.6. The summed E-state index contributed by atoms with van der Waals surface area (Å²) in [6, 6.07) is 38.0. The second-order valence-corrected chi connectivity index (χ2v) is 21.0. The predicted octanol–water partition coefficient (Wildman–Crippen LogP) is 9.99. The molecule has 0 radical (unpaired) electrons. The minimum absolute atomic E-state index is 0.0253. The van der Waals surface area contributed by atoms with Gasteiger partial charge in [0.2, 0.25) is 7.37 Å². The van der Waals surface area contributed by atoms with E-state index in [1.165, 1.54) is 19.2 Å². The van der Waals surface area contributed by atoms with Gasteiger partial charge in [-0.1, -0.05) is 138 Å². The second kappa shape index (κ2) is 16.5. The average molecular weight is 736 g/mol. The second-order valence-electron chi connectivity index (χ2n) is 14.3. The van der Waals surface area contributed by atoms with E-state index < -0.39 is 32.8 Å². The van der Waals surface area contributed by atoms with Crippen molar-refractivity contribution in [2.24, 2.45) is 0 Å². The Morgan fingerprint density at radius 2 is 1.40 bits per heavy atom. The van der Waals surface area contributed by atoms with Crippen molar-refractivity contribution in [3.8, 4) is 22.4 Å². The summed E-state index contributed by atoms with van der Waals surface area (Å²) < 4.78 is 41.8. The fraction of sp³-hybridized carbons (Fsp3) is 0.256. The number of benzene rings is 4. The van der Waals surface area contributed by atoms with Gasteiger partial charge in [-0.05, 0) is 56.7 Å². The normalized spacial score (nSPS) is 14.0. The summed E-state index contributed by atoms with van der Waals surface area (Å²) in [5.74, 6) is 0.115. The molecule has 0 saturated heterocycles. The first-order valence-corrected chi connectivity index (χ1v) is 21.3. The highest BCUT2D eigenvalue weighted by atomic mass is 31.2. The molecule has 5 rings (SSSR count). The monoisotopic (exact) mass is 735 g/mol. The Labute approximate surface area is 308 Å². The number of aromatic nitrogens is 1. The van der Waals surface area contributed by atoms with Crippen LogP contribution < -0.4 is 10.4 Å². The highest BCUT2D eigenvalue weighted by Crippen LogP contribution is 2.51. The number of carboxylic acid groups (broad SMARTS) is 1. The minimum atomic E-state index is -3.67. The number of carbonyl (C=O) groups is 1. The lowest BCUT2D eigenvalue weighted by Crippen LogP contribution is -2.68. The molecule has 0 aliphatic rings. The molecule has 9 heteroatoms. The highest BCUT2D eigenvalue weighted by molar-refractivity contribution is 7.62. The highest BCUT2D eigenvalue weighted by Gasteiger charge is 2.52. The molecule has 0 saturated carbocycles. The maximum atomic E-state index is 14.8. The number of rotatable bonds is 14. The van der Waals surface area contributed by atoms with Gasteiger partial charge < -0.3 is 14.1 Å². The third-order valence-electron chi connectivity index (χ3n) is 9.26. The Morgan fingerprint density at radius 3 is 1.88 bits per heavy atom. The predicted molar refractivity (Wildman–Crippen MR) is 212 cm³/mol. The van der Waals surface area contributed by atoms with Gasteiger partial charge in [-0.25, -0.2) is 4.39 Å². The molecule has 0 aliphatic carbocycles. The van der Waals surface area contributed by atoms with E-state index in [1.807, 2.05) is 111 Å². The fourth-order valence-electron chi connectivity index (χ4n) is 6.76. The first-order valence-electron chi connectivity index (χ1n) is 17.5. The fourth-order valence-corrected chi connectivity index (χ4v) is 13.1. The quantitative estimate of drug-likeness (QED) is 0.0903. The van der Waals surface area contributed by atoms with Crippen molar-refractivity contribution in [3.05, 3.63) is 144 Å². The van der Waals surface area contributed by atoms with E-state index >= 15 is 0 Å². The summed E-state index contributed by atoms with van der Waals surface area (Å²) in [4.78, 5) is 17.5. The van der Waals surface area contributed by atoms with E-state index in [2.05, 4.69) is 20.8 Å². The molecule has 1 aromatic heterocycles. The van der Waals surface area contributed by atoms with Crippen LogP contribution in [-0.4, -0.2) is 43.8 Å². The molecule has 6 nitrogen and oxygen atoms in total. The molecule has 0 fully saturated rings. The maximum Gasteiger partial charge on any atom is 0.305 e. The third kappa shape index (κ3) is 8.76. The lowest BCUT2D eigenvalue weighted by Gasteiger charge is -2.45. The van der Waals surface area contributed by atoms with Gasteiger partial charge in [0, 0.05) is 24.1 Å². The molecule has 1 unspecified atom stereocenters. The van der Waals surface area contributed by atoms with Gasteiger partial charge in [-0.15, -0.1) is 0 Å². The zero-order valence-corrected chi connectivity index (χ0v) is 32.5. The van der Waals surface area contributed by atoms with Crippen molar-refractivity contribution < 1.29 is 27.8 Å². The van der Waals surface area contributed by atoms with E-state index in [1.54, 1.807) is 24.0 Å². The van der Waals surface area contributed by atoms with E-state index in [9.17, 15) is 18.9 Å². The first kappa shape index (κ1) is 38.8. The number of hydrogen-bond donors (Lipinski definition) is 1. The molecule has 1 N–H and O–H groups in total. The van der Waals surface area contributed by atoms with Gasteiger partial charge in [0.05, 0.1) is 30.1 Å². The van der Waals surface area contributed by atoms with Crippen LogP contribution in [0, 0.1) is 5.82 Å². The first-order chi connectivity index (χ1) is 24.8. The summed E-state index contributed by atoms with van der Waals surface area (Å²) >= 11 is 0. The topological polar surface area (TPSA) is 85.7 Å². The molecule has 52 heavy (non-hydrogen) atoms. The number of pyridine rings is 1. The molecule has 0 aliphatic heterocycles. The van der Waals surface area contributed by atoms with Gasteiger partial charge in [-0.3, -0.25) is 14.3 Å². The smallest absolute Gasteiger partial charge is 0.305 e. The standard InChI is InChI=1S/C43H47FNO5PSi/c1-31(2)42-38(39(32-22-24-34(44)25-23-32)29-40(45-42)33-16-10-7-11-17-33)26-27-51(48,49-6)30-35(28-41(46)47)50-52(43(3,4)5,36-18-12-8-13-19-36)37-20-14-9-15-21-37/h7-27,29,31,35H,28,30H2,1-6H3,(H,46,47)/t35-,51?/m0/s1. The third-order valence-corrected chi connectivity index (χ3v) is 16.5. The Bertz CT molecular complexity index is 1990. The number of halogens is 1. The summed E-state index contributed by atoms with van der Waals surface area (Å²) in [6.07, 6.45) is 0.298. The number of aliphatic carboxylic acids is 1. The number of carboxylic acids is 1. The van der Waals surface area contributed by atoms with E-state index in [-0.39, 0.29) is 24.3 Å². The minimum Gasteiger partial charge on any atom is -0.481 e. The van der Waals surface area contributed by atoms with Crippen molar-refractivity contribution >= 4 is 38.1 Å². The van der Waals surface area contributed by atoms with Crippen LogP contribution in [0.4, 0.5) is 4.39 Å². The van der Waals surface area contributed by atoms with E-state index in [4.69, 9.17) is 13.9 Å². The molecule has 1 heterocycles. The molecular formula is C43H47FNO5PSi. The summed E-state index contributed by atoms with van der Waals surface area (Å²) in [5.41, 5.74) is 4.75. The molecule has 2 atom stereocenters. The van der Waals surface area contributed by atoms with E-state index in [0.29, 0.717) is 0 Å². The summed E-state index contributed by atoms with van der Waals surface area (Å²) in [6.45, 7) is 10.4. The Balaban J connectivity index is 1.63. The van der Waals surface area contributed by atoms with Gasteiger partial charge in [0.1, 0.15) is 5.82 Å². The average Bonchev–Trinajstić information content (AvgIpc) is 3.13. The van der Waals surface area contributed by atoms with E-state index in [0.717, 1.165) is 44.0 Å². The van der Waals surface area contributed by atoms with Crippen LogP contribution >= 0.6 is 7.37 Å². The SMILES string of the molecule is COP(=O)(C=Cc1c(-c2ccc(F)cc2)cc(-c2ccccc2)nc1C(C)C)C[C@H](CC(=O)O)O[Si](c1ccccc1)(c1ccccc1)C(C)(C)C. The number of nitrogens with zero attached hydrogens (tertiary/aromatic N) is 1. The van der Waals surface area contributed by atoms with Crippen molar-refractivity contribution in [1.29, 1.82) is 0 Å². The van der Waals surface area contributed by atoms with Crippen LogP contribution in [0.15, 0.2) is 127 Å². The summed E-state index contributed by atoms with van der Waals surface area (Å²) in [7, 11) is -5.49. The van der Waals surface area contributed by atoms with Gasteiger partial charge in [0.15, 0.2) is 0 Å². The molecule has 0 spiro atoms. The Kier molecular flexibility index (Phi) is 12.3. The molecule has 270 valence electrons. The molecule has 0 amide bonds. The summed E-state index contributed by atoms with van der Waals surface area (Å²) in [5, 5.41) is 11.7. The number of hydrogen-bond acceptors (Lipinski definition) is 5. The van der Waals surface area contributed by atoms with Crippen molar-refractivity contribution in [3.63, 3.8) is 0 Å². The lowest BCUT2D eigenvalue weighted by atomic mass is 9.92. The maximum absolute atomic E-state index is 14.8. The van der Waals surface area contributed by atoms with Crippen LogP contribution in [-0.2, 0) is 18.3 Å². The molecular weight excluding hydrogens is 689 g/mol. The van der Waals surface area contributed by atoms with Crippen molar-refractivity contribution in [1.82, 2.24) is 4.98 Å². The van der Waals surface area contributed by atoms with Crippen LogP contribution in [0.25, 0.3) is 28.5 Å². The lowest BCUT2D eigenvalue weighted by molar-refractivity contribution is -0.138. The van der Waals surface area contributed by atoms with Gasteiger partial charge >= 0.3 is 5.97 Å². The van der Waals surface area contributed by atoms with Crippen molar-refractivity contribution in [2.45, 2.75) is 58.1 Å². The van der Waals surface area contributed by atoms with Gasteiger partial charge in [0.25, 0.3) is 8.32 Å². The van der Waals surface area contributed by atoms with Crippen molar-refractivity contribution in [2.75, 3.05) is 13.3 Å². The molecule has 5 aromatic rings. The Morgan fingerprint density at radius 1 is 0.865 bits per heavy atom. The Hall–Kier alpha value is -4.46.